The molecule has 1 heterocycles. The van der Waals surface area contributed by atoms with Crippen LogP contribution < -0.4 is 5.32 Å². The lowest BCUT2D eigenvalue weighted by Gasteiger charge is -2.34. The molecule has 0 spiro atoms. The van der Waals surface area contributed by atoms with E-state index in [1.807, 2.05) is 30.3 Å². The number of benzene rings is 1. The molecule has 1 saturated heterocycles. The Hall–Kier alpha value is -1.67. The summed E-state index contributed by atoms with van der Waals surface area (Å²) in [6.45, 7) is 0.0644. The highest BCUT2D eigenvalue weighted by Gasteiger charge is 2.36. The average molecular weight is 297 g/mol. The second-order valence-electron chi connectivity index (χ2n) is 4.87. The Kier molecular flexibility index (Phi) is 5.51. The van der Waals surface area contributed by atoms with Crippen molar-refractivity contribution in [2.45, 2.75) is 37.6 Å². The maximum atomic E-state index is 11.5. The van der Waals surface area contributed by atoms with Crippen LogP contribution in [-0.4, -0.2) is 52.6 Å². The number of hydrogen-bond acceptors (Lipinski definition) is 6. The first-order valence-corrected chi connectivity index (χ1v) is 6.70. The normalized spacial score (nSPS) is 28.9. The maximum absolute atomic E-state index is 11.5. The molecule has 0 bridgehead atoms. The van der Waals surface area contributed by atoms with Crippen molar-refractivity contribution < 1.29 is 29.6 Å². The van der Waals surface area contributed by atoms with Crippen LogP contribution in [0.15, 0.2) is 30.3 Å². The maximum Gasteiger partial charge on any atom is 0.407 e. The smallest absolute Gasteiger partial charge is 0.407 e. The molecule has 1 aliphatic rings. The highest BCUT2D eigenvalue weighted by atomic mass is 16.6. The number of ether oxygens (including phenoxy) is 2. The highest BCUT2D eigenvalue weighted by molar-refractivity contribution is 5.67. The van der Waals surface area contributed by atoms with Crippen LogP contribution >= 0.6 is 0 Å². The SMILES string of the molecule is O=C(NC[C@H]1O[C@H](O)C[C@@H](O)[C@@H]1O)OCc1ccccc1. The second kappa shape index (κ2) is 7.37. The molecule has 0 saturated carbocycles. The number of carbonyl (C=O) groups excluding carboxylic acids is 1. The van der Waals surface area contributed by atoms with Crippen LogP contribution in [0.25, 0.3) is 0 Å². The Labute approximate surface area is 122 Å². The first-order chi connectivity index (χ1) is 10.1. The Morgan fingerprint density at radius 2 is 2.00 bits per heavy atom. The van der Waals surface area contributed by atoms with E-state index in [0.717, 1.165) is 5.56 Å². The van der Waals surface area contributed by atoms with Crippen molar-refractivity contribution in [1.29, 1.82) is 0 Å². The fourth-order valence-electron chi connectivity index (χ4n) is 2.06. The number of aliphatic hydroxyl groups excluding tert-OH is 3. The number of carbonyl (C=O) groups is 1. The molecule has 21 heavy (non-hydrogen) atoms. The van der Waals surface area contributed by atoms with Gasteiger partial charge in [-0.1, -0.05) is 30.3 Å². The van der Waals surface area contributed by atoms with Gasteiger partial charge >= 0.3 is 6.09 Å². The van der Waals surface area contributed by atoms with Gasteiger partial charge in [0.15, 0.2) is 6.29 Å². The molecule has 0 aromatic heterocycles. The van der Waals surface area contributed by atoms with Gasteiger partial charge in [0.25, 0.3) is 0 Å². The Morgan fingerprint density at radius 3 is 2.71 bits per heavy atom. The van der Waals surface area contributed by atoms with Crippen molar-refractivity contribution in [3.05, 3.63) is 35.9 Å². The number of nitrogens with one attached hydrogen (secondary N) is 1. The average Bonchev–Trinajstić information content (AvgIpc) is 2.48. The molecule has 0 aliphatic carbocycles. The fourth-order valence-corrected chi connectivity index (χ4v) is 2.06. The Bertz CT molecular complexity index is 454. The lowest BCUT2D eigenvalue weighted by molar-refractivity contribution is -0.230. The van der Waals surface area contributed by atoms with Gasteiger partial charge < -0.3 is 30.1 Å². The van der Waals surface area contributed by atoms with E-state index in [1.165, 1.54) is 0 Å². The van der Waals surface area contributed by atoms with E-state index in [4.69, 9.17) is 9.47 Å². The van der Waals surface area contributed by atoms with E-state index < -0.39 is 30.7 Å². The summed E-state index contributed by atoms with van der Waals surface area (Å²) in [4.78, 5) is 11.5. The number of amides is 1. The summed E-state index contributed by atoms with van der Waals surface area (Å²) in [5.41, 5.74) is 0.854. The molecule has 7 nitrogen and oxygen atoms in total. The second-order valence-corrected chi connectivity index (χ2v) is 4.87. The lowest BCUT2D eigenvalue weighted by atomic mass is 10.0. The summed E-state index contributed by atoms with van der Waals surface area (Å²) >= 11 is 0. The Morgan fingerprint density at radius 1 is 1.29 bits per heavy atom. The van der Waals surface area contributed by atoms with Crippen LogP contribution in [0.4, 0.5) is 4.79 Å². The minimum Gasteiger partial charge on any atom is -0.445 e. The van der Waals surface area contributed by atoms with E-state index in [1.54, 1.807) is 0 Å². The van der Waals surface area contributed by atoms with Crippen molar-refractivity contribution in [2.75, 3.05) is 6.54 Å². The molecule has 116 valence electrons. The minimum absolute atomic E-state index is 0.0594. The molecule has 1 amide bonds. The van der Waals surface area contributed by atoms with Crippen LogP contribution in [0, 0.1) is 0 Å². The van der Waals surface area contributed by atoms with Gasteiger partial charge in [-0.05, 0) is 5.56 Å². The molecule has 2 rings (SSSR count). The van der Waals surface area contributed by atoms with Crippen molar-refractivity contribution >= 4 is 6.09 Å². The van der Waals surface area contributed by atoms with Gasteiger partial charge in [0.05, 0.1) is 6.10 Å². The van der Waals surface area contributed by atoms with Crippen LogP contribution in [0.5, 0.6) is 0 Å². The lowest BCUT2D eigenvalue weighted by Crippen LogP contribution is -2.52. The van der Waals surface area contributed by atoms with Gasteiger partial charge in [-0.3, -0.25) is 0 Å². The predicted molar refractivity (Wildman–Crippen MR) is 72.1 cm³/mol. The molecule has 1 aliphatic heterocycles. The minimum atomic E-state index is -1.16. The number of hydrogen-bond donors (Lipinski definition) is 4. The first kappa shape index (κ1) is 15.7. The van der Waals surface area contributed by atoms with E-state index in [-0.39, 0.29) is 19.6 Å². The monoisotopic (exact) mass is 297 g/mol. The predicted octanol–water partition coefficient (Wildman–Crippen LogP) is -0.258. The molecular weight excluding hydrogens is 278 g/mol. The van der Waals surface area contributed by atoms with Crippen LogP contribution in [0.2, 0.25) is 0 Å². The molecule has 0 radical (unpaired) electrons. The largest absolute Gasteiger partial charge is 0.445 e. The van der Waals surface area contributed by atoms with Crippen molar-refractivity contribution in [3.8, 4) is 0 Å². The quantitative estimate of drug-likeness (QED) is 0.610. The number of alkyl carbamates (subject to hydrolysis) is 1. The first-order valence-electron chi connectivity index (χ1n) is 6.70. The third kappa shape index (κ3) is 4.68. The molecule has 1 aromatic carbocycles. The van der Waals surface area contributed by atoms with E-state index in [2.05, 4.69) is 5.32 Å². The number of aliphatic hydroxyl groups is 3. The standard InChI is InChI=1S/C14H19NO6/c16-10-6-12(17)21-11(13(10)18)7-15-14(19)20-8-9-4-2-1-3-5-9/h1-5,10-13,16-18H,6-8H2,(H,15,19)/t10-,11-,12+,13+/m1/s1. The van der Waals surface area contributed by atoms with E-state index in [9.17, 15) is 20.1 Å². The van der Waals surface area contributed by atoms with Gasteiger partial charge in [-0.2, -0.15) is 0 Å². The highest BCUT2D eigenvalue weighted by Crippen LogP contribution is 2.18. The zero-order chi connectivity index (χ0) is 15.2. The van der Waals surface area contributed by atoms with Gasteiger partial charge in [0.1, 0.15) is 18.8 Å². The summed E-state index contributed by atoms with van der Waals surface area (Å²) in [6.07, 6.45) is -5.01. The summed E-state index contributed by atoms with van der Waals surface area (Å²) in [5.74, 6) is 0. The van der Waals surface area contributed by atoms with Crippen molar-refractivity contribution in [1.82, 2.24) is 5.32 Å². The van der Waals surface area contributed by atoms with Gasteiger partial charge in [0, 0.05) is 13.0 Å². The van der Waals surface area contributed by atoms with Gasteiger partial charge in [-0.25, -0.2) is 4.79 Å². The molecule has 4 N–H and O–H groups in total. The number of rotatable bonds is 4. The van der Waals surface area contributed by atoms with Crippen molar-refractivity contribution in [3.63, 3.8) is 0 Å². The van der Waals surface area contributed by atoms with Crippen LogP contribution in [0.3, 0.4) is 0 Å². The van der Waals surface area contributed by atoms with Gasteiger partial charge in [-0.15, -0.1) is 0 Å². The third-order valence-electron chi connectivity index (χ3n) is 3.21. The fraction of sp³-hybridized carbons (Fsp3) is 0.500. The van der Waals surface area contributed by atoms with Gasteiger partial charge in [0.2, 0.25) is 0 Å². The molecule has 4 atom stereocenters. The molecule has 1 aromatic rings. The summed E-state index contributed by atoms with van der Waals surface area (Å²) in [6, 6.07) is 9.20. The molecule has 0 unspecified atom stereocenters. The van der Waals surface area contributed by atoms with Crippen LogP contribution in [-0.2, 0) is 16.1 Å². The summed E-state index contributed by atoms with van der Waals surface area (Å²) < 4.78 is 10.1. The summed E-state index contributed by atoms with van der Waals surface area (Å²) in [7, 11) is 0. The van der Waals surface area contributed by atoms with Crippen LogP contribution in [0.1, 0.15) is 12.0 Å². The topological polar surface area (TPSA) is 108 Å². The zero-order valence-electron chi connectivity index (χ0n) is 11.4. The van der Waals surface area contributed by atoms with Crippen molar-refractivity contribution in [2.24, 2.45) is 0 Å². The van der Waals surface area contributed by atoms with E-state index in [0.29, 0.717) is 0 Å². The van der Waals surface area contributed by atoms with E-state index >= 15 is 0 Å². The summed E-state index contributed by atoms with van der Waals surface area (Å²) in [5, 5.41) is 31.0. The third-order valence-corrected chi connectivity index (χ3v) is 3.21. The molecule has 7 heteroatoms. The zero-order valence-corrected chi connectivity index (χ0v) is 11.4. The Balaban J connectivity index is 1.73. The molecule has 1 fully saturated rings. The molecular formula is C14H19NO6.